The lowest BCUT2D eigenvalue weighted by Crippen LogP contribution is -2.33. The van der Waals surface area contributed by atoms with Gasteiger partial charge in [0, 0.05) is 30.9 Å². The maximum atomic E-state index is 14.1. The molecule has 1 aromatic rings. The summed E-state index contributed by atoms with van der Waals surface area (Å²) in [4.78, 5) is 2.13. The van der Waals surface area contributed by atoms with Gasteiger partial charge in [-0.25, -0.2) is 4.39 Å². The summed E-state index contributed by atoms with van der Waals surface area (Å²) in [6.07, 6.45) is 2.42. The van der Waals surface area contributed by atoms with Gasteiger partial charge in [-0.2, -0.15) is 0 Å². The van der Waals surface area contributed by atoms with E-state index in [4.69, 9.17) is 10.5 Å². The molecule has 0 amide bonds. The summed E-state index contributed by atoms with van der Waals surface area (Å²) in [7, 11) is 2.01. The standard InChI is InChI=1S/C15H23FN2O/c1-3-11(17)9-13-14(16)5-4-6-15(13)18(2)12-7-8-19-10-12/h4-6,11-12H,3,7-10,17H2,1-2H3. The van der Waals surface area contributed by atoms with E-state index in [0.717, 1.165) is 30.7 Å². The van der Waals surface area contributed by atoms with Crippen LogP contribution in [0.3, 0.4) is 0 Å². The van der Waals surface area contributed by atoms with Crippen molar-refractivity contribution in [2.24, 2.45) is 5.73 Å². The molecule has 0 radical (unpaired) electrons. The van der Waals surface area contributed by atoms with Gasteiger partial charge in [0.05, 0.1) is 12.6 Å². The number of benzene rings is 1. The molecule has 0 aliphatic carbocycles. The number of hydrogen-bond acceptors (Lipinski definition) is 3. The lowest BCUT2D eigenvalue weighted by atomic mass is 10.0. The Labute approximate surface area is 114 Å². The molecule has 2 rings (SSSR count). The van der Waals surface area contributed by atoms with Gasteiger partial charge in [-0.1, -0.05) is 13.0 Å². The zero-order chi connectivity index (χ0) is 13.8. The maximum absolute atomic E-state index is 14.1. The van der Waals surface area contributed by atoms with E-state index in [0.29, 0.717) is 19.1 Å². The molecule has 1 saturated heterocycles. The van der Waals surface area contributed by atoms with E-state index in [1.807, 2.05) is 20.0 Å². The summed E-state index contributed by atoms with van der Waals surface area (Å²) in [5.41, 5.74) is 7.66. The van der Waals surface area contributed by atoms with Crippen LogP contribution in [0.15, 0.2) is 18.2 Å². The third kappa shape index (κ3) is 3.25. The van der Waals surface area contributed by atoms with Gasteiger partial charge >= 0.3 is 0 Å². The summed E-state index contributed by atoms with van der Waals surface area (Å²) in [6.45, 7) is 3.53. The third-order valence-electron chi connectivity index (χ3n) is 3.92. The first-order valence-corrected chi connectivity index (χ1v) is 6.97. The predicted molar refractivity (Wildman–Crippen MR) is 76.0 cm³/mol. The molecule has 1 aromatic carbocycles. The Morgan fingerprint density at radius 2 is 2.32 bits per heavy atom. The molecule has 106 valence electrons. The molecule has 3 nitrogen and oxygen atoms in total. The molecule has 0 spiro atoms. The highest BCUT2D eigenvalue weighted by atomic mass is 19.1. The second-order valence-electron chi connectivity index (χ2n) is 5.24. The molecule has 2 unspecified atom stereocenters. The van der Waals surface area contributed by atoms with Crippen molar-refractivity contribution in [2.45, 2.75) is 38.3 Å². The number of ether oxygens (including phenoxy) is 1. The maximum Gasteiger partial charge on any atom is 0.128 e. The average Bonchev–Trinajstić information content (AvgIpc) is 2.94. The Hall–Kier alpha value is -1.13. The van der Waals surface area contributed by atoms with Gasteiger partial charge in [0.15, 0.2) is 0 Å². The molecular formula is C15H23FN2O. The van der Waals surface area contributed by atoms with E-state index < -0.39 is 0 Å². The highest BCUT2D eigenvalue weighted by Crippen LogP contribution is 2.27. The molecular weight excluding hydrogens is 243 g/mol. The second-order valence-corrected chi connectivity index (χ2v) is 5.24. The molecule has 0 bridgehead atoms. The average molecular weight is 266 g/mol. The van der Waals surface area contributed by atoms with Crippen LogP contribution in [-0.4, -0.2) is 32.3 Å². The lowest BCUT2D eigenvalue weighted by molar-refractivity contribution is 0.193. The molecule has 0 aromatic heterocycles. The van der Waals surface area contributed by atoms with Crippen molar-refractivity contribution < 1.29 is 9.13 Å². The van der Waals surface area contributed by atoms with Crippen molar-refractivity contribution in [1.82, 2.24) is 0 Å². The quantitative estimate of drug-likeness (QED) is 0.889. The lowest BCUT2D eigenvalue weighted by Gasteiger charge is -2.28. The van der Waals surface area contributed by atoms with Gasteiger partial charge in [0.25, 0.3) is 0 Å². The minimum absolute atomic E-state index is 0.00359. The van der Waals surface area contributed by atoms with Gasteiger partial charge in [-0.05, 0) is 31.4 Å². The van der Waals surface area contributed by atoms with E-state index in [9.17, 15) is 4.39 Å². The zero-order valence-corrected chi connectivity index (χ0v) is 11.7. The van der Waals surface area contributed by atoms with Gasteiger partial charge in [0.1, 0.15) is 5.82 Å². The topological polar surface area (TPSA) is 38.5 Å². The SMILES string of the molecule is CCC(N)Cc1c(F)cccc1N(C)C1CCOC1. The molecule has 1 aliphatic rings. The van der Waals surface area contributed by atoms with Crippen LogP contribution in [-0.2, 0) is 11.2 Å². The van der Waals surface area contributed by atoms with Crippen molar-refractivity contribution in [1.29, 1.82) is 0 Å². The van der Waals surface area contributed by atoms with Crippen molar-refractivity contribution in [3.8, 4) is 0 Å². The Balaban J connectivity index is 2.25. The molecule has 0 saturated carbocycles. The minimum atomic E-state index is -0.160. The highest BCUT2D eigenvalue weighted by Gasteiger charge is 2.23. The summed E-state index contributed by atoms with van der Waals surface area (Å²) in [5.74, 6) is -0.160. The summed E-state index contributed by atoms with van der Waals surface area (Å²) in [6, 6.07) is 5.58. The van der Waals surface area contributed by atoms with Crippen LogP contribution in [0, 0.1) is 5.82 Å². The Morgan fingerprint density at radius 1 is 1.53 bits per heavy atom. The van der Waals surface area contributed by atoms with E-state index in [1.165, 1.54) is 6.07 Å². The summed E-state index contributed by atoms with van der Waals surface area (Å²) < 4.78 is 19.5. The molecule has 4 heteroatoms. The zero-order valence-electron chi connectivity index (χ0n) is 11.7. The van der Waals surface area contributed by atoms with Crippen LogP contribution in [0.5, 0.6) is 0 Å². The Morgan fingerprint density at radius 3 is 2.95 bits per heavy atom. The monoisotopic (exact) mass is 266 g/mol. The van der Waals surface area contributed by atoms with Crippen LogP contribution in [0.25, 0.3) is 0 Å². The van der Waals surface area contributed by atoms with Gasteiger partial charge < -0.3 is 15.4 Å². The van der Waals surface area contributed by atoms with Crippen LogP contribution >= 0.6 is 0 Å². The van der Waals surface area contributed by atoms with Crippen molar-refractivity contribution in [3.63, 3.8) is 0 Å². The summed E-state index contributed by atoms with van der Waals surface area (Å²) in [5, 5.41) is 0. The number of anilines is 1. The predicted octanol–water partition coefficient (Wildman–Crippen LogP) is 2.33. The van der Waals surface area contributed by atoms with E-state index in [-0.39, 0.29) is 11.9 Å². The number of halogens is 1. The van der Waals surface area contributed by atoms with Gasteiger partial charge in [-0.15, -0.1) is 0 Å². The first-order valence-electron chi connectivity index (χ1n) is 6.97. The smallest absolute Gasteiger partial charge is 0.128 e. The first kappa shape index (κ1) is 14.3. The van der Waals surface area contributed by atoms with Gasteiger partial charge in [-0.3, -0.25) is 0 Å². The Kier molecular flexibility index (Phi) is 4.77. The minimum Gasteiger partial charge on any atom is -0.379 e. The molecule has 2 N–H and O–H groups in total. The van der Waals surface area contributed by atoms with Crippen molar-refractivity contribution in [2.75, 3.05) is 25.2 Å². The molecule has 1 aliphatic heterocycles. The number of rotatable bonds is 5. The van der Waals surface area contributed by atoms with E-state index in [1.54, 1.807) is 6.07 Å². The van der Waals surface area contributed by atoms with Gasteiger partial charge in [0.2, 0.25) is 0 Å². The molecule has 1 heterocycles. The fourth-order valence-corrected chi connectivity index (χ4v) is 2.51. The number of hydrogen-bond donors (Lipinski definition) is 1. The highest BCUT2D eigenvalue weighted by molar-refractivity contribution is 5.55. The van der Waals surface area contributed by atoms with Crippen LogP contribution in [0.1, 0.15) is 25.3 Å². The van der Waals surface area contributed by atoms with Crippen LogP contribution in [0.4, 0.5) is 10.1 Å². The van der Waals surface area contributed by atoms with Crippen LogP contribution < -0.4 is 10.6 Å². The van der Waals surface area contributed by atoms with Crippen molar-refractivity contribution in [3.05, 3.63) is 29.6 Å². The second kappa shape index (κ2) is 6.35. The van der Waals surface area contributed by atoms with E-state index >= 15 is 0 Å². The van der Waals surface area contributed by atoms with Crippen LogP contribution in [0.2, 0.25) is 0 Å². The fraction of sp³-hybridized carbons (Fsp3) is 0.600. The normalized spacial score (nSPS) is 20.5. The molecule has 1 fully saturated rings. The first-order chi connectivity index (χ1) is 9.13. The van der Waals surface area contributed by atoms with E-state index in [2.05, 4.69) is 4.90 Å². The number of likely N-dealkylation sites (N-methyl/N-ethyl adjacent to an activating group) is 1. The number of nitrogens with zero attached hydrogens (tertiary/aromatic N) is 1. The summed E-state index contributed by atoms with van der Waals surface area (Å²) >= 11 is 0. The third-order valence-corrected chi connectivity index (χ3v) is 3.92. The largest absolute Gasteiger partial charge is 0.379 e. The van der Waals surface area contributed by atoms with Crippen molar-refractivity contribution >= 4 is 5.69 Å². The number of nitrogens with two attached hydrogens (primary N) is 1. The Bertz CT molecular complexity index is 419. The molecule has 19 heavy (non-hydrogen) atoms. The fourth-order valence-electron chi connectivity index (χ4n) is 2.51. The molecule has 2 atom stereocenters.